The molecule has 2 aromatic rings. The molecule has 2 aliphatic rings. The summed E-state index contributed by atoms with van der Waals surface area (Å²) in [5.74, 6) is -1.34. The molecule has 2 aliphatic heterocycles. The third-order valence-corrected chi connectivity index (χ3v) is 5.15. The third-order valence-electron chi connectivity index (χ3n) is 4.86. The van der Waals surface area contributed by atoms with Gasteiger partial charge in [-0.15, -0.1) is 0 Å². The van der Waals surface area contributed by atoms with Crippen LogP contribution in [0.5, 0.6) is 0 Å². The summed E-state index contributed by atoms with van der Waals surface area (Å²) in [6, 6.07) is 6.68. The fourth-order valence-corrected chi connectivity index (χ4v) is 3.69. The Labute approximate surface area is 153 Å². The van der Waals surface area contributed by atoms with Crippen LogP contribution < -0.4 is 0 Å². The van der Waals surface area contributed by atoms with Gasteiger partial charge in [0.1, 0.15) is 35.8 Å². The summed E-state index contributed by atoms with van der Waals surface area (Å²) < 4.78 is 39.0. The van der Waals surface area contributed by atoms with Gasteiger partial charge in [-0.25, -0.2) is 8.78 Å². The fourth-order valence-electron chi connectivity index (χ4n) is 3.51. The van der Waals surface area contributed by atoms with E-state index in [-0.39, 0.29) is 35.5 Å². The molecular weight excluding hydrogens is 366 g/mol. The molecule has 3 heterocycles. The van der Waals surface area contributed by atoms with Gasteiger partial charge in [0.25, 0.3) is 5.91 Å². The molecule has 0 spiro atoms. The van der Waals surface area contributed by atoms with E-state index in [0.29, 0.717) is 13.0 Å². The van der Waals surface area contributed by atoms with Crippen LogP contribution in [0.3, 0.4) is 0 Å². The number of nitrogens with zero attached hydrogens (tertiary/aromatic N) is 2. The number of pyridine rings is 1. The molecule has 2 atom stereocenters. The lowest BCUT2D eigenvalue weighted by Crippen LogP contribution is -2.54. The third kappa shape index (κ3) is 2.76. The zero-order valence-corrected chi connectivity index (χ0v) is 14.4. The zero-order valence-electron chi connectivity index (χ0n) is 13.6. The second-order valence-electron chi connectivity index (χ2n) is 6.27. The lowest BCUT2D eigenvalue weighted by Gasteiger charge is -2.41. The summed E-state index contributed by atoms with van der Waals surface area (Å²) in [5, 5.41) is -0.113. The van der Waals surface area contributed by atoms with Crippen molar-refractivity contribution in [1.29, 1.82) is 0 Å². The predicted octanol–water partition coefficient (Wildman–Crippen LogP) is 3.13. The van der Waals surface area contributed by atoms with E-state index in [9.17, 15) is 13.6 Å². The monoisotopic (exact) mass is 380 g/mol. The molecule has 136 valence electrons. The SMILES string of the molecule is O=C(c1ccc(F)c(Cl)c1)N1CCC2(c3ncccc3F)OCO[C@@H]2C1. The van der Waals surface area contributed by atoms with Crippen molar-refractivity contribution in [2.24, 2.45) is 0 Å². The number of hydrogen-bond donors (Lipinski definition) is 0. The van der Waals surface area contributed by atoms with Gasteiger partial charge in [0.15, 0.2) is 0 Å². The van der Waals surface area contributed by atoms with Crippen molar-refractivity contribution < 1.29 is 23.0 Å². The van der Waals surface area contributed by atoms with Crippen LogP contribution in [0.15, 0.2) is 36.5 Å². The molecule has 0 saturated carbocycles. The van der Waals surface area contributed by atoms with Crippen LogP contribution in [-0.4, -0.2) is 41.8 Å². The van der Waals surface area contributed by atoms with Crippen molar-refractivity contribution in [1.82, 2.24) is 9.88 Å². The van der Waals surface area contributed by atoms with E-state index in [1.807, 2.05) is 0 Å². The number of hydrogen-bond acceptors (Lipinski definition) is 4. The minimum atomic E-state index is -1.01. The van der Waals surface area contributed by atoms with Gasteiger partial charge in [0.05, 0.1) is 11.6 Å². The van der Waals surface area contributed by atoms with Crippen LogP contribution in [0.2, 0.25) is 5.02 Å². The summed E-state index contributed by atoms with van der Waals surface area (Å²) in [7, 11) is 0. The number of carbonyl (C=O) groups is 1. The van der Waals surface area contributed by atoms with Gasteiger partial charge < -0.3 is 14.4 Å². The maximum atomic E-state index is 14.3. The number of piperidine rings is 1. The summed E-state index contributed by atoms with van der Waals surface area (Å²) in [4.78, 5) is 18.4. The van der Waals surface area contributed by atoms with E-state index in [0.717, 1.165) is 6.07 Å². The molecule has 0 aliphatic carbocycles. The Hall–Kier alpha value is -2.09. The highest BCUT2D eigenvalue weighted by Gasteiger charge is 2.53. The Balaban J connectivity index is 1.59. The normalized spacial score (nSPS) is 25.2. The van der Waals surface area contributed by atoms with E-state index < -0.39 is 23.3 Å². The van der Waals surface area contributed by atoms with Crippen molar-refractivity contribution in [2.45, 2.75) is 18.1 Å². The quantitative estimate of drug-likeness (QED) is 0.803. The number of amides is 1. The first-order chi connectivity index (χ1) is 12.5. The lowest BCUT2D eigenvalue weighted by molar-refractivity contribution is -0.0494. The number of aromatic nitrogens is 1. The van der Waals surface area contributed by atoms with E-state index in [1.165, 1.54) is 30.5 Å². The highest BCUT2D eigenvalue weighted by molar-refractivity contribution is 6.31. The summed E-state index contributed by atoms with van der Waals surface area (Å²) in [5.41, 5.74) is -0.533. The molecule has 8 heteroatoms. The van der Waals surface area contributed by atoms with E-state index in [1.54, 1.807) is 4.90 Å². The average Bonchev–Trinajstić information content (AvgIpc) is 3.07. The van der Waals surface area contributed by atoms with Gasteiger partial charge in [-0.3, -0.25) is 9.78 Å². The fraction of sp³-hybridized carbons (Fsp3) is 0.333. The van der Waals surface area contributed by atoms with Gasteiger partial charge in [0.2, 0.25) is 0 Å². The standard InChI is InChI=1S/C18H15ClF2N2O3/c19-12-8-11(3-4-13(12)20)17(24)23-7-5-18(15(9-23)25-10-26-18)16-14(21)2-1-6-22-16/h1-4,6,8,15H,5,7,9-10H2/t15-,18?/m1/s1. The van der Waals surface area contributed by atoms with E-state index >= 15 is 0 Å². The second kappa shape index (κ2) is 6.57. The Morgan fingerprint density at radius 1 is 1.31 bits per heavy atom. The predicted molar refractivity (Wildman–Crippen MR) is 88.6 cm³/mol. The Kier molecular flexibility index (Phi) is 4.38. The summed E-state index contributed by atoms with van der Waals surface area (Å²) >= 11 is 5.77. The minimum absolute atomic E-state index is 0.00505. The number of benzene rings is 1. The molecule has 0 N–H and O–H groups in total. The second-order valence-corrected chi connectivity index (χ2v) is 6.68. The smallest absolute Gasteiger partial charge is 0.254 e. The van der Waals surface area contributed by atoms with Gasteiger partial charge in [-0.1, -0.05) is 11.6 Å². The molecule has 2 saturated heterocycles. The van der Waals surface area contributed by atoms with Gasteiger partial charge >= 0.3 is 0 Å². The van der Waals surface area contributed by atoms with Crippen LogP contribution in [0.1, 0.15) is 22.5 Å². The number of rotatable bonds is 2. The molecule has 0 bridgehead atoms. The van der Waals surface area contributed by atoms with Crippen LogP contribution in [0, 0.1) is 11.6 Å². The largest absolute Gasteiger partial charge is 0.347 e. The first kappa shape index (κ1) is 17.3. The topological polar surface area (TPSA) is 51.7 Å². The highest BCUT2D eigenvalue weighted by atomic mass is 35.5. The van der Waals surface area contributed by atoms with Gasteiger partial charge in [-0.2, -0.15) is 0 Å². The summed E-state index contributed by atoms with van der Waals surface area (Å²) in [6.45, 7) is 0.540. The molecule has 0 radical (unpaired) electrons. The first-order valence-electron chi connectivity index (χ1n) is 8.12. The molecule has 1 unspecified atom stereocenters. The van der Waals surface area contributed by atoms with E-state index in [4.69, 9.17) is 21.1 Å². The molecule has 1 aromatic carbocycles. The van der Waals surface area contributed by atoms with Gasteiger partial charge in [0, 0.05) is 24.7 Å². The first-order valence-corrected chi connectivity index (χ1v) is 8.50. The van der Waals surface area contributed by atoms with Gasteiger partial charge in [-0.05, 0) is 30.3 Å². The number of fused-ring (bicyclic) bond motifs is 1. The molecule has 1 amide bonds. The molecular formula is C18H15ClF2N2O3. The highest BCUT2D eigenvalue weighted by Crippen LogP contribution is 2.42. The number of ether oxygens (including phenoxy) is 2. The van der Waals surface area contributed by atoms with Crippen molar-refractivity contribution >= 4 is 17.5 Å². The number of likely N-dealkylation sites (tertiary alicyclic amines) is 1. The molecule has 2 fully saturated rings. The average molecular weight is 381 g/mol. The molecule has 4 rings (SSSR count). The van der Waals surface area contributed by atoms with Crippen molar-refractivity contribution in [2.75, 3.05) is 19.9 Å². The van der Waals surface area contributed by atoms with Crippen LogP contribution in [-0.2, 0) is 15.1 Å². The van der Waals surface area contributed by atoms with Crippen molar-refractivity contribution in [3.63, 3.8) is 0 Å². The molecule has 26 heavy (non-hydrogen) atoms. The zero-order chi connectivity index (χ0) is 18.3. The van der Waals surface area contributed by atoms with E-state index in [2.05, 4.69) is 4.98 Å². The Bertz CT molecular complexity index is 866. The molecule has 5 nitrogen and oxygen atoms in total. The minimum Gasteiger partial charge on any atom is -0.347 e. The summed E-state index contributed by atoms with van der Waals surface area (Å²) in [6.07, 6.45) is 1.30. The van der Waals surface area contributed by atoms with Crippen molar-refractivity contribution in [3.8, 4) is 0 Å². The molecule has 1 aromatic heterocycles. The maximum absolute atomic E-state index is 14.3. The number of halogens is 3. The van der Waals surface area contributed by atoms with Crippen LogP contribution in [0.25, 0.3) is 0 Å². The van der Waals surface area contributed by atoms with Crippen LogP contribution >= 0.6 is 11.6 Å². The van der Waals surface area contributed by atoms with Crippen molar-refractivity contribution in [3.05, 3.63) is 64.4 Å². The van der Waals surface area contributed by atoms with Crippen LogP contribution in [0.4, 0.5) is 8.78 Å². The maximum Gasteiger partial charge on any atom is 0.254 e. The Morgan fingerprint density at radius 3 is 2.92 bits per heavy atom. The Morgan fingerprint density at radius 2 is 2.15 bits per heavy atom. The number of carbonyl (C=O) groups excluding carboxylic acids is 1. The lowest BCUT2D eigenvalue weighted by atomic mass is 9.84.